The van der Waals surface area contributed by atoms with Gasteiger partial charge in [-0.3, -0.25) is 13.9 Å². The van der Waals surface area contributed by atoms with Crippen LogP contribution in [0.2, 0.25) is 5.02 Å². The van der Waals surface area contributed by atoms with Crippen LogP contribution < -0.4 is 19.7 Å². The zero-order valence-electron chi connectivity index (χ0n) is 18.1. The Balaban J connectivity index is 1.84. The fraction of sp³-hybridized carbons (Fsp3) is 0.364. The third-order valence-corrected chi connectivity index (χ3v) is 6.58. The fourth-order valence-electron chi connectivity index (χ4n) is 3.29. The van der Waals surface area contributed by atoms with Gasteiger partial charge in [0, 0.05) is 24.0 Å². The Morgan fingerprint density at radius 2 is 1.97 bits per heavy atom. The molecule has 0 aromatic heterocycles. The quantitative estimate of drug-likeness (QED) is 0.660. The Labute approximate surface area is 192 Å². The number of nitrogens with zero attached hydrogens (tertiary/aromatic N) is 1. The molecule has 8 nitrogen and oxygen atoms in total. The first-order valence-electron chi connectivity index (χ1n) is 10.2. The normalized spacial score (nSPS) is 16.9. The van der Waals surface area contributed by atoms with E-state index in [9.17, 15) is 18.0 Å². The summed E-state index contributed by atoms with van der Waals surface area (Å²) in [4.78, 5) is 25.7. The molecule has 0 saturated heterocycles. The Hall–Kier alpha value is -2.78. The summed E-state index contributed by atoms with van der Waals surface area (Å²) >= 11 is 6.05. The number of anilines is 2. The van der Waals surface area contributed by atoms with E-state index in [1.165, 1.54) is 16.4 Å². The summed E-state index contributed by atoms with van der Waals surface area (Å²) in [5, 5.41) is 5.99. The number of hydrogen-bond donors (Lipinski definition) is 2. The lowest BCUT2D eigenvalue weighted by molar-refractivity contribution is -0.122. The lowest BCUT2D eigenvalue weighted by Gasteiger charge is -2.21. The largest absolute Gasteiger partial charge is 0.478 e. The van der Waals surface area contributed by atoms with Crippen LogP contribution in [0.5, 0.6) is 5.75 Å². The second kappa shape index (κ2) is 9.79. The third-order valence-electron chi connectivity index (χ3n) is 5.17. The Kier molecular flexibility index (Phi) is 7.30. The number of sulfonamides is 1. The van der Waals surface area contributed by atoms with Crippen LogP contribution in [0.15, 0.2) is 42.5 Å². The molecule has 10 heteroatoms. The summed E-state index contributed by atoms with van der Waals surface area (Å²) in [6, 6.07) is 11.3. The van der Waals surface area contributed by atoms with Crippen molar-refractivity contribution in [3.63, 3.8) is 0 Å². The predicted octanol–water partition coefficient (Wildman–Crippen LogP) is 3.42. The van der Waals surface area contributed by atoms with Crippen LogP contribution >= 0.6 is 11.6 Å². The Bertz CT molecular complexity index is 1120. The maximum atomic E-state index is 13.0. The number of amides is 2. The summed E-state index contributed by atoms with van der Waals surface area (Å²) in [6.07, 6.45) is 1.01. The van der Waals surface area contributed by atoms with Gasteiger partial charge in [-0.15, -0.1) is 0 Å². The highest BCUT2D eigenvalue weighted by molar-refractivity contribution is 7.92. The number of nitrogens with one attached hydrogen (secondary N) is 2. The van der Waals surface area contributed by atoms with Crippen LogP contribution in [0, 0.1) is 0 Å². The molecule has 0 aliphatic carbocycles. The minimum Gasteiger partial charge on any atom is -0.478 e. The van der Waals surface area contributed by atoms with Gasteiger partial charge in [0.15, 0.2) is 6.10 Å². The highest BCUT2D eigenvalue weighted by atomic mass is 35.5. The van der Waals surface area contributed by atoms with Gasteiger partial charge in [0.1, 0.15) is 5.75 Å². The van der Waals surface area contributed by atoms with E-state index in [-0.39, 0.29) is 36.4 Å². The number of benzene rings is 2. The standard InChI is InChI=1S/C22H26ClN3O5S/c1-4-14(2)24-21(27)16-7-5-6-8-17(16)25-22(28)20-11-12-26(32(3,29)30)18-13-15(23)9-10-19(18)31-20/h5-10,13-14,20H,4,11-12H2,1-3H3,(H,24,27)(H,25,28)/t14-,20+/m0/s1. The molecule has 2 amide bonds. The Morgan fingerprint density at radius 3 is 2.66 bits per heavy atom. The maximum absolute atomic E-state index is 13.0. The van der Waals surface area contributed by atoms with Crippen LogP contribution in [0.3, 0.4) is 0 Å². The zero-order valence-corrected chi connectivity index (χ0v) is 19.7. The molecular weight excluding hydrogens is 454 g/mol. The number of carbonyl (C=O) groups is 2. The summed E-state index contributed by atoms with van der Waals surface area (Å²) in [6.45, 7) is 3.91. The summed E-state index contributed by atoms with van der Waals surface area (Å²) < 4.78 is 31.6. The number of halogens is 1. The molecule has 2 atom stereocenters. The molecule has 2 aromatic carbocycles. The van der Waals surface area contributed by atoms with Gasteiger partial charge < -0.3 is 15.4 Å². The number of fused-ring (bicyclic) bond motifs is 1. The average molecular weight is 480 g/mol. The highest BCUT2D eigenvalue weighted by Crippen LogP contribution is 2.36. The van der Waals surface area contributed by atoms with Crippen molar-refractivity contribution in [1.29, 1.82) is 0 Å². The number of carbonyl (C=O) groups excluding carboxylic acids is 2. The molecule has 0 fully saturated rings. The van der Waals surface area contributed by atoms with Gasteiger partial charge in [-0.1, -0.05) is 30.7 Å². The molecule has 0 saturated carbocycles. The first-order valence-corrected chi connectivity index (χ1v) is 12.5. The van der Waals surface area contributed by atoms with Crippen molar-refractivity contribution in [2.45, 2.75) is 38.8 Å². The van der Waals surface area contributed by atoms with Crippen molar-refractivity contribution in [3.05, 3.63) is 53.1 Å². The van der Waals surface area contributed by atoms with Crippen molar-refractivity contribution in [1.82, 2.24) is 5.32 Å². The molecular formula is C22H26ClN3O5S. The van der Waals surface area contributed by atoms with E-state index in [4.69, 9.17) is 16.3 Å². The van der Waals surface area contributed by atoms with E-state index in [0.29, 0.717) is 16.3 Å². The molecule has 0 radical (unpaired) electrons. The topological polar surface area (TPSA) is 105 Å². The number of ether oxygens (including phenoxy) is 1. The van der Waals surface area contributed by atoms with Crippen LogP contribution in [-0.2, 0) is 14.8 Å². The predicted molar refractivity (Wildman–Crippen MR) is 125 cm³/mol. The number of para-hydroxylation sites is 1. The minimum absolute atomic E-state index is 0.0123. The fourth-order valence-corrected chi connectivity index (χ4v) is 4.39. The zero-order chi connectivity index (χ0) is 23.5. The van der Waals surface area contributed by atoms with Gasteiger partial charge in [-0.25, -0.2) is 8.42 Å². The maximum Gasteiger partial charge on any atom is 0.265 e. The highest BCUT2D eigenvalue weighted by Gasteiger charge is 2.32. The smallest absolute Gasteiger partial charge is 0.265 e. The summed E-state index contributed by atoms with van der Waals surface area (Å²) in [7, 11) is -3.61. The van der Waals surface area contributed by atoms with Gasteiger partial charge in [-0.2, -0.15) is 0 Å². The third kappa shape index (κ3) is 5.52. The van der Waals surface area contributed by atoms with Gasteiger partial charge in [0.05, 0.1) is 23.2 Å². The van der Waals surface area contributed by atoms with E-state index >= 15 is 0 Å². The number of rotatable bonds is 6. The van der Waals surface area contributed by atoms with Crippen LogP contribution in [-0.4, -0.2) is 45.2 Å². The molecule has 1 heterocycles. The van der Waals surface area contributed by atoms with Gasteiger partial charge in [0.25, 0.3) is 11.8 Å². The molecule has 0 bridgehead atoms. The second-order valence-electron chi connectivity index (χ2n) is 7.66. The van der Waals surface area contributed by atoms with Crippen molar-refractivity contribution in [2.24, 2.45) is 0 Å². The van der Waals surface area contributed by atoms with E-state index in [0.717, 1.165) is 12.7 Å². The molecule has 1 aliphatic heterocycles. The van der Waals surface area contributed by atoms with Crippen LogP contribution in [0.25, 0.3) is 0 Å². The second-order valence-corrected chi connectivity index (χ2v) is 10.0. The van der Waals surface area contributed by atoms with Gasteiger partial charge in [0.2, 0.25) is 10.0 Å². The molecule has 0 spiro atoms. The lowest BCUT2D eigenvalue weighted by Crippen LogP contribution is -2.37. The van der Waals surface area contributed by atoms with E-state index in [2.05, 4.69) is 10.6 Å². The average Bonchev–Trinajstić information content (AvgIpc) is 2.93. The van der Waals surface area contributed by atoms with Crippen molar-refractivity contribution in [3.8, 4) is 5.75 Å². The number of hydrogen-bond acceptors (Lipinski definition) is 5. The first-order chi connectivity index (χ1) is 15.1. The molecule has 32 heavy (non-hydrogen) atoms. The van der Waals surface area contributed by atoms with E-state index in [1.54, 1.807) is 30.3 Å². The molecule has 0 unspecified atom stereocenters. The SMILES string of the molecule is CC[C@H](C)NC(=O)c1ccccc1NC(=O)[C@H]1CCN(S(C)(=O)=O)c2cc(Cl)ccc2O1. The lowest BCUT2D eigenvalue weighted by atomic mass is 10.1. The van der Waals surface area contributed by atoms with Crippen LogP contribution in [0.4, 0.5) is 11.4 Å². The Morgan fingerprint density at radius 1 is 1.25 bits per heavy atom. The summed E-state index contributed by atoms with van der Waals surface area (Å²) in [5.41, 5.74) is 0.964. The molecule has 172 valence electrons. The minimum atomic E-state index is -3.61. The van der Waals surface area contributed by atoms with E-state index in [1.807, 2.05) is 13.8 Å². The molecule has 1 aliphatic rings. The molecule has 3 rings (SSSR count). The van der Waals surface area contributed by atoms with Crippen molar-refractivity contribution < 1.29 is 22.7 Å². The monoisotopic (exact) mass is 479 g/mol. The van der Waals surface area contributed by atoms with Gasteiger partial charge >= 0.3 is 0 Å². The van der Waals surface area contributed by atoms with Crippen molar-refractivity contribution in [2.75, 3.05) is 22.4 Å². The molecule has 2 aromatic rings. The van der Waals surface area contributed by atoms with Crippen LogP contribution in [0.1, 0.15) is 37.0 Å². The van der Waals surface area contributed by atoms with Gasteiger partial charge in [-0.05, 0) is 43.7 Å². The van der Waals surface area contributed by atoms with E-state index < -0.39 is 22.0 Å². The van der Waals surface area contributed by atoms with Crippen molar-refractivity contribution >= 4 is 44.8 Å². The first kappa shape index (κ1) is 23.9. The molecule has 2 N–H and O–H groups in total. The summed E-state index contributed by atoms with van der Waals surface area (Å²) in [5.74, 6) is -0.536.